The standard InChI is InChI=1S/C19H25N3O3S/c1-12(2)25-10-8-14-5-3-4-9-22(14)18(24)13-6-7-15-16(11-13)20-19(26)21-17(15)23/h6-7,11-12,14H,3-5,8-10H2,1-2H3,(H2,20,21,23,26)/t14-/m1/s1. The Kier molecular flexibility index (Phi) is 5.88. The highest BCUT2D eigenvalue weighted by Crippen LogP contribution is 2.23. The number of rotatable bonds is 5. The number of likely N-dealkylation sites (tertiary alicyclic amines) is 1. The smallest absolute Gasteiger partial charge is 0.259 e. The van der Waals surface area contributed by atoms with Crippen LogP contribution in [0.25, 0.3) is 10.9 Å². The largest absolute Gasteiger partial charge is 0.379 e. The number of fused-ring (bicyclic) bond motifs is 1. The highest BCUT2D eigenvalue weighted by atomic mass is 32.1. The molecule has 140 valence electrons. The number of carbonyl (C=O) groups excluding carboxylic acids is 1. The topological polar surface area (TPSA) is 78.2 Å². The Balaban J connectivity index is 1.83. The maximum Gasteiger partial charge on any atom is 0.259 e. The SMILES string of the molecule is CC(C)OCC[C@H]1CCCCN1C(=O)c1ccc2c(=O)[nH]c(=S)[nH]c2c1. The zero-order chi connectivity index (χ0) is 18.7. The van der Waals surface area contributed by atoms with Gasteiger partial charge in [0, 0.05) is 24.8 Å². The first-order chi connectivity index (χ1) is 12.5. The molecule has 0 unspecified atom stereocenters. The molecular weight excluding hydrogens is 350 g/mol. The molecule has 2 heterocycles. The molecule has 1 aliphatic heterocycles. The van der Waals surface area contributed by atoms with E-state index in [1.54, 1.807) is 18.2 Å². The number of aromatic amines is 2. The molecule has 0 radical (unpaired) electrons. The van der Waals surface area contributed by atoms with Crippen LogP contribution in [-0.4, -0.2) is 46.1 Å². The lowest BCUT2D eigenvalue weighted by Gasteiger charge is -2.36. The van der Waals surface area contributed by atoms with Gasteiger partial charge in [0.05, 0.1) is 17.0 Å². The zero-order valence-electron chi connectivity index (χ0n) is 15.2. The molecule has 2 N–H and O–H groups in total. The molecule has 3 rings (SSSR count). The van der Waals surface area contributed by atoms with Crippen LogP contribution in [0.3, 0.4) is 0 Å². The maximum absolute atomic E-state index is 13.1. The molecule has 1 amide bonds. The van der Waals surface area contributed by atoms with E-state index in [0.29, 0.717) is 23.1 Å². The van der Waals surface area contributed by atoms with Gasteiger partial charge in [-0.05, 0) is 69.9 Å². The van der Waals surface area contributed by atoms with Crippen LogP contribution >= 0.6 is 12.2 Å². The Morgan fingerprint density at radius 2 is 2.15 bits per heavy atom. The van der Waals surface area contributed by atoms with E-state index in [1.165, 1.54) is 0 Å². The van der Waals surface area contributed by atoms with Crippen LogP contribution in [0, 0.1) is 4.77 Å². The fourth-order valence-corrected chi connectivity index (χ4v) is 3.68. The van der Waals surface area contributed by atoms with Crippen molar-refractivity contribution in [1.29, 1.82) is 0 Å². The average Bonchev–Trinajstić information content (AvgIpc) is 2.60. The van der Waals surface area contributed by atoms with E-state index in [4.69, 9.17) is 17.0 Å². The summed E-state index contributed by atoms with van der Waals surface area (Å²) < 4.78 is 5.93. The third kappa shape index (κ3) is 4.22. The fourth-order valence-electron chi connectivity index (χ4n) is 3.48. The Morgan fingerprint density at radius 3 is 2.92 bits per heavy atom. The minimum absolute atomic E-state index is 0.000692. The van der Waals surface area contributed by atoms with Crippen molar-refractivity contribution < 1.29 is 9.53 Å². The first-order valence-corrected chi connectivity index (χ1v) is 9.55. The summed E-state index contributed by atoms with van der Waals surface area (Å²) in [7, 11) is 0. The maximum atomic E-state index is 13.1. The summed E-state index contributed by atoms with van der Waals surface area (Å²) in [5.74, 6) is 0.000692. The van der Waals surface area contributed by atoms with Gasteiger partial charge in [0.2, 0.25) is 0 Å². The van der Waals surface area contributed by atoms with Gasteiger partial charge in [-0.1, -0.05) is 0 Å². The zero-order valence-corrected chi connectivity index (χ0v) is 16.0. The first-order valence-electron chi connectivity index (χ1n) is 9.14. The number of amides is 1. The number of H-pyrrole nitrogens is 2. The molecule has 0 spiro atoms. The number of benzene rings is 1. The van der Waals surface area contributed by atoms with Crippen LogP contribution in [0.4, 0.5) is 0 Å². The molecule has 1 aromatic carbocycles. The molecule has 1 fully saturated rings. The summed E-state index contributed by atoms with van der Waals surface area (Å²) in [5, 5.41) is 0.496. The van der Waals surface area contributed by atoms with Crippen LogP contribution in [0.1, 0.15) is 49.9 Å². The van der Waals surface area contributed by atoms with Crippen molar-refractivity contribution >= 4 is 29.0 Å². The Hall–Kier alpha value is -1.99. The van der Waals surface area contributed by atoms with Gasteiger partial charge in [0.1, 0.15) is 0 Å². The van der Waals surface area contributed by atoms with Crippen LogP contribution in [0.2, 0.25) is 0 Å². The van der Waals surface area contributed by atoms with Crippen LogP contribution in [-0.2, 0) is 4.74 Å². The summed E-state index contributed by atoms with van der Waals surface area (Å²) in [6, 6.07) is 5.31. The molecule has 0 saturated carbocycles. The molecule has 2 aromatic rings. The van der Waals surface area contributed by atoms with Crippen molar-refractivity contribution in [2.24, 2.45) is 0 Å². The van der Waals surface area contributed by atoms with Crippen molar-refractivity contribution in [3.05, 3.63) is 38.9 Å². The van der Waals surface area contributed by atoms with E-state index in [0.717, 1.165) is 32.2 Å². The minimum atomic E-state index is -0.246. The van der Waals surface area contributed by atoms with E-state index in [9.17, 15) is 9.59 Å². The van der Waals surface area contributed by atoms with Gasteiger partial charge in [-0.25, -0.2) is 0 Å². The van der Waals surface area contributed by atoms with E-state index in [2.05, 4.69) is 9.97 Å². The molecule has 0 aliphatic carbocycles. The van der Waals surface area contributed by atoms with Crippen molar-refractivity contribution in [2.45, 2.75) is 51.7 Å². The molecule has 26 heavy (non-hydrogen) atoms. The number of hydrogen-bond donors (Lipinski definition) is 2. The summed E-state index contributed by atoms with van der Waals surface area (Å²) in [5.41, 5.74) is 0.913. The van der Waals surface area contributed by atoms with E-state index < -0.39 is 0 Å². The van der Waals surface area contributed by atoms with Gasteiger partial charge in [-0.2, -0.15) is 0 Å². The highest BCUT2D eigenvalue weighted by molar-refractivity contribution is 7.71. The van der Waals surface area contributed by atoms with E-state index >= 15 is 0 Å². The van der Waals surface area contributed by atoms with Gasteiger partial charge >= 0.3 is 0 Å². The molecule has 1 atom stereocenters. The second-order valence-electron chi connectivity index (χ2n) is 7.02. The van der Waals surface area contributed by atoms with Crippen molar-refractivity contribution in [1.82, 2.24) is 14.9 Å². The molecular formula is C19H25N3O3S. The lowest BCUT2D eigenvalue weighted by Crippen LogP contribution is -2.44. The normalized spacial score (nSPS) is 17.8. The fraction of sp³-hybridized carbons (Fsp3) is 0.526. The number of nitrogens with one attached hydrogen (secondary N) is 2. The van der Waals surface area contributed by atoms with E-state index in [-0.39, 0.29) is 28.4 Å². The van der Waals surface area contributed by atoms with Crippen molar-refractivity contribution in [3.8, 4) is 0 Å². The third-order valence-corrected chi connectivity index (χ3v) is 4.98. The van der Waals surface area contributed by atoms with Gasteiger partial charge in [-0.15, -0.1) is 0 Å². The average molecular weight is 375 g/mol. The molecule has 6 nitrogen and oxygen atoms in total. The molecule has 0 bridgehead atoms. The summed E-state index contributed by atoms with van der Waals surface area (Å²) in [4.78, 5) is 32.5. The second kappa shape index (κ2) is 8.14. The first kappa shape index (κ1) is 18.8. The predicted octanol–water partition coefficient (Wildman–Crippen LogP) is 3.40. The number of carbonyl (C=O) groups is 1. The molecule has 1 aromatic heterocycles. The molecule has 7 heteroatoms. The number of piperidine rings is 1. The molecule has 1 saturated heterocycles. The minimum Gasteiger partial charge on any atom is -0.379 e. The summed E-state index contributed by atoms with van der Waals surface area (Å²) >= 11 is 5.03. The summed E-state index contributed by atoms with van der Waals surface area (Å²) in [6.07, 6.45) is 4.20. The predicted molar refractivity (Wildman–Crippen MR) is 104 cm³/mol. The van der Waals surface area contributed by atoms with Gasteiger partial charge in [0.15, 0.2) is 4.77 Å². The number of ether oxygens (including phenoxy) is 1. The molecule has 1 aliphatic rings. The lowest BCUT2D eigenvalue weighted by molar-refractivity contribution is 0.0398. The summed E-state index contributed by atoms with van der Waals surface area (Å²) in [6.45, 7) is 5.45. The lowest BCUT2D eigenvalue weighted by atomic mass is 9.98. The van der Waals surface area contributed by atoms with Crippen LogP contribution in [0.15, 0.2) is 23.0 Å². The van der Waals surface area contributed by atoms with Crippen LogP contribution in [0.5, 0.6) is 0 Å². The highest BCUT2D eigenvalue weighted by Gasteiger charge is 2.27. The Morgan fingerprint density at radius 1 is 1.35 bits per heavy atom. The van der Waals surface area contributed by atoms with Gasteiger partial charge in [0.25, 0.3) is 11.5 Å². The number of hydrogen-bond acceptors (Lipinski definition) is 4. The third-order valence-electron chi connectivity index (χ3n) is 4.78. The number of aromatic nitrogens is 2. The Bertz CT molecular complexity index is 903. The van der Waals surface area contributed by atoms with E-state index in [1.807, 2.05) is 18.7 Å². The van der Waals surface area contributed by atoms with Crippen LogP contribution < -0.4 is 5.56 Å². The second-order valence-corrected chi connectivity index (χ2v) is 7.43. The Labute approximate surface area is 157 Å². The number of nitrogens with zero attached hydrogens (tertiary/aromatic N) is 1. The monoisotopic (exact) mass is 375 g/mol. The quantitative estimate of drug-likeness (QED) is 0.785. The van der Waals surface area contributed by atoms with Gasteiger partial charge in [-0.3, -0.25) is 14.6 Å². The van der Waals surface area contributed by atoms with Crippen molar-refractivity contribution in [2.75, 3.05) is 13.2 Å². The van der Waals surface area contributed by atoms with Crippen molar-refractivity contribution in [3.63, 3.8) is 0 Å². The van der Waals surface area contributed by atoms with Gasteiger partial charge < -0.3 is 14.6 Å².